The number of hydrogen-bond donors (Lipinski definition) is 3. The van der Waals surface area contributed by atoms with Crippen LogP contribution in [0.1, 0.15) is 33.4 Å². The molecule has 1 aliphatic rings. The average molecular weight is 379 g/mol. The molecule has 146 valence electrons. The van der Waals surface area contributed by atoms with Gasteiger partial charge in [-0.3, -0.25) is 29.3 Å². The smallest absolute Gasteiger partial charge is 0.302 e. The molecule has 3 N–H and O–H groups in total. The Labute approximate surface area is 153 Å². The standard InChI is InChI=1S/C16H21N5O6/c1-7(2)14(24)19-16-18-13-12(15(25)20-16)17-6-21(13)11-4-9(23)10(27-11)5-26-8(3)22/h6-7,9-11,23H,4-5H2,1-3H3,(H2,18,19,20,24,25)/t9-,10+,11+/m0/s1. The zero-order valence-corrected chi connectivity index (χ0v) is 15.1. The summed E-state index contributed by atoms with van der Waals surface area (Å²) in [5.74, 6) is -1.05. The maximum absolute atomic E-state index is 12.2. The van der Waals surface area contributed by atoms with Crippen LogP contribution in [0, 0.1) is 5.92 Å². The number of amides is 1. The van der Waals surface area contributed by atoms with Crippen molar-refractivity contribution < 1.29 is 24.2 Å². The molecule has 1 fully saturated rings. The van der Waals surface area contributed by atoms with E-state index >= 15 is 0 Å². The van der Waals surface area contributed by atoms with Crippen molar-refractivity contribution in [3.63, 3.8) is 0 Å². The zero-order valence-electron chi connectivity index (χ0n) is 15.1. The summed E-state index contributed by atoms with van der Waals surface area (Å²) < 4.78 is 12.1. The second kappa shape index (κ2) is 7.45. The number of H-pyrrole nitrogens is 1. The monoisotopic (exact) mass is 379 g/mol. The Hall–Kier alpha value is -2.79. The summed E-state index contributed by atoms with van der Waals surface area (Å²) in [7, 11) is 0. The van der Waals surface area contributed by atoms with E-state index in [1.807, 2.05) is 0 Å². The highest BCUT2D eigenvalue weighted by Gasteiger charge is 2.36. The molecule has 2 aromatic rings. The van der Waals surface area contributed by atoms with E-state index in [0.29, 0.717) is 0 Å². The second-order valence-electron chi connectivity index (χ2n) is 6.62. The number of aromatic amines is 1. The molecule has 0 radical (unpaired) electrons. The Morgan fingerprint density at radius 2 is 2.26 bits per heavy atom. The van der Waals surface area contributed by atoms with Crippen LogP contribution in [-0.2, 0) is 19.1 Å². The van der Waals surface area contributed by atoms with Gasteiger partial charge >= 0.3 is 5.97 Å². The first-order valence-corrected chi connectivity index (χ1v) is 8.51. The summed E-state index contributed by atoms with van der Waals surface area (Å²) >= 11 is 0. The van der Waals surface area contributed by atoms with Gasteiger partial charge in [-0.15, -0.1) is 0 Å². The molecular weight excluding hydrogens is 358 g/mol. The SMILES string of the molecule is CC(=O)OC[C@H]1O[C@@H](n2cnc3c(=O)[nH]c(NC(=O)C(C)C)nc32)C[C@@H]1O. The number of rotatable bonds is 5. The predicted molar refractivity (Wildman–Crippen MR) is 92.8 cm³/mol. The molecule has 0 saturated carbocycles. The lowest BCUT2D eigenvalue weighted by molar-refractivity contribution is -0.147. The Morgan fingerprint density at radius 3 is 2.93 bits per heavy atom. The number of nitrogens with one attached hydrogen (secondary N) is 2. The third-order valence-corrected chi connectivity index (χ3v) is 4.16. The molecule has 11 nitrogen and oxygen atoms in total. The van der Waals surface area contributed by atoms with Gasteiger partial charge in [-0.05, 0) is 0 Å². The van der Waals surface area contributed by atoms with E-state index in [1.165, 1.54) is 17.8 Å². The Balaban J connectivity index is 1.87. The van der Waals surface area contributed by atoms with Gasteiger partial charge in [0, 0.05) is 19.3 Å². The molecule has 27 heavy (non-hydrogen) atoms. The summed E-state index contributed by atoms with van der Waals surface area (Å²) in [6.45, 7) is 4.62. The van der Waals surface area contributed by atoms with Gasteiger partial charge in [-0.25, -0.2) is 4.98 Å². The van der Waals surface area contributed by atoms with Gasteiger partial charge in [0.25, 0.3) is 5.56 Å². The van der Waals surface area contributed by atoms with E-state index in [-0.39, 0.29) is 42.0 Å². The lowest BCUT2D eigenvalue weighted by Gasteiger charge is -2.15. The van der Waals surface area contributed by atoms with E-state index < -0.39 is 30.0 Å². The van der Waals surface area contributed by atoms with Crippen LogP contribution in [-0.4, -0.2) is 55.3 Å². The van der Waals surface area contributed by atoms with Gasteiger partial charge in [0.15, 0.2) is 11.2 Å². The van der Waals surface area contributed by atoms with Gasteiger partial charge in [0.1, 0.15) is 18.9 Å². The maximum atomic E-state index is 12.2. The Morgan fingerprint density at radius 1 is 1.52 bits per heavy atom. The van der Waals surface area contributed by atoms with Crippen LogP contribution in [0.3, 0.4) is 0 Å². The van der Waals surface area contributed by atoms with Crippen molar-refractivity contribution in [2.24, 2.45) is 5.92 Å². The minimum absolute atomic E-state index is 0.00274. The van der Waals surface area contributed by atoms with Crippen LogP contribution in [0.4, 0.5) is 5.95 Å². The van der Waals surface area contributed by atoms with Crippen molar-refractivity contribution in [3.05, 3.63) is 16.7 Å². The third kappa shape index (κ3) is 3.98. The predicted octanol–water partition coefficient (Wildman–Crippen LogP) is -0.0744. The highest BCUT2D eigenvalue weighted by atomic mass is 16.6. The minimum atomic E-state index is -0.853. The summed E-state index contributed by atoms with van der Waals surface area (Å²) in [4.78, 5) is 45.8. The van der Waals surface area contributed by atoms with E-state index in [9.17, 15) is 19.5 Å². The molecule has 0 unspecified atom stereocenters. The van der Waals surface area contributed by atoms with Crippen LogP contribution < -0.4 is 10.9 Å². The zero-order chi connectivity index (χ0) is 19.7. The highest BCUT2D eigenvalue weighted by molar-refractivity contribution is 5.91. The van der Waals surface area contributed by atoms with Crippen molar-refractivity contribution in [3.8, 4) is 0 Å². The molecule has 0 aliphatic carbocycles. The van der Waals surface area contributed by atoms with E-state index in [2.05, 4.69) is 20.3 Å². The molecule has 3 atom stereocenters. The van der Waals surface area contributed by atoms with Gasteiger partial charge in [0.2, 0.25) is 11.9 Å². The number of imidazole rings is 1. The second-order valence-corrected chi connectivity index (χ2v) is 6.62. The molecule has 1 amide bonds. The van der Waals surface area contributed by atoms with Gasteiger partial charge < -0.3 is 14.6 Å². The fraction of sp³-hybridized carbons (Fsp3) is 0.562. The first kappa shape index (κ1) is 19.0. The van der Waals surface area contributed by atoms with Crippen molar-refractivity contribution in [2.75, 3.05) is 11.9 Å². The largest absolute Gasteiger partial charge is 0.463 e. The number of aliphatic hydroxyl groups excluding tert-OH is 1. The number of anilines is 1. The van der Waals surface area contributed by atoms with E-state index in [4.69, 9.17) is 9.47 Å². The molecule has 0 bridgehead atoms. The van der Waals surface area contributed by atoms with Gasteiger partial charge in [0.05, 0.1) is 12.4 Å². The number of aliphatic hydroxyl groups is 1. The molecule has 3 heterocycles. The van der Waals surface area contributed by atoms with Crippen molar-refractivity contribution in [2.45, 2.75) is 45.6 Å². The van der Waals surface area contributed by atoms with Crippen molar-refractivity contribution in [1.29, 1.82) is 0 Å². The first-order chi connectivity index (χ1) is 12.8. The number of ether oxygens (including phenoxy) is 2. The maximum Gasteiger partial charge on any atom is 0.302 e. The quantitative estimate of drug-likeness (QED) is 0.611. The number of fused-ring (bicyclic) bond motifs is 1. The third-order valence-electron chi connectivity index (χ3n) is 4.16. The van der Waals surface area contributed by atoms with Gasteiger partial charge in [-0.1, -0.05) is 13.8 Å². The summed E-state index contributed by atoms with van der Waals surface area (Å²) in [5.41, 5.74) is -0.213. The average Bonchev–Trinajstić information content (AvgIpc) is 3.16. The number of hydrogen-bond acceptors (Lipinski definition) is 8. The van der Waals surface area contributed by atoms with Crippen molar-refractivity contribution >= 4 is 29.0 Å². The topological polar surface area (TPSA) is 148 Å². The highest BCUT2D eigenvalue weighted by Crippen LogP contribution is 2.30. The van der Waals surface area contributed by atoms with Crippen LogP contribution in [0.2, 0.25) is 0 Å². The molecule has 11 heteroatoms. The van der Waals surface area contributed by atoms with Crippen LogP contribution >= 0.6 is 0 Å². The Bertz CT molecular complexity index is 920. The van der Waals surface area contributed by atoms with E-state index in [0.717, 1.165) is 0 Å². The molecule has 2 aromatic heterocycles. The normalized spacial score (nSPS) is 22.3. The lowest BCUT2D eigenvalue weighted by Crippen LogP contribution is -2.27. The van der Waals surface area contributed by atoms with E-state index in [1.54, 1.807) is 13.8 Å². The van der Waals surface area contributed by atoms with Gasteiger partial charge in [-0.2, -0.15) is 4.98 Å². The number of carbonyl (C=O) groups is 2. The minimum Gasteiger partial charge on any atom is -0.463 e. The van der Waals surface area contributed by atoms with Crippen LogP contribution in [0.25, 0.3) is 11.2 Å². The number of carbonyl (C=O) groups excluding carboxylic acids is 2. The summed E-state index contributed by atoms with van der Waals surface area (Å²) in [5, 5.41) is 12.7. The fourth-order valence-corrected chi connectivity index (χ4v) is 2.69. The molecule has 0 aromatic carbocycles. The summed E-state index contributed by atoms with van der Waals surface area (Å²) in [6.07, 6.45) is -0.604. The lowest BCUT2D eigenvalue weighted by atomic mass is 10.2. The van der Waals surface area contributed by atoms with Crippen LogP contribution in [0.15, 0.2) is 11.1 Å². The molecule has 1 saturated heterocycles. The number of aromatic nitrogens is 4. The molecule has 1 aliphatic heterocycles. The number of esters is 1. The Kier molecular flexibility index (Phi) is 5.24. The van der Waals surface area contributed by atoms with Crippen molar-refractivity contribution in [1.82, 2.24) is 19.5 Å². The summed E-state index contributed by atoms with van der Waals surface area (Å²) in [6, 6.07) is 0. The molecular formula is C16H21N5O6. The fourth-order valence-electron chi connectivity index (χ4n) is 2.69. The molecule has 0 spiro atoms. The van der Waals surface area contributed by atoms with Crippen LogP contribution in [0.5, 0.6) is 0 Å². The first-order valence-electron chi connectivity index (χ1n) is 8.51. The molecule has 3 rings (SSSR count). The number of nitrogens with zero attached hydrogens (tertiary/aromatic N) is 3.